The lowest BCUT2D eigenvalue weighted by atomic mass is 9.98. The highest BCUT2D eigenvalue weighted by Crippen LogP contribution is 2.30. The molecule has 0 saturated heterocycles. The normalized spacial score (nSPS) is 12.5. The lowest BCUT2D eigenvalue weighted by Gasteiger charge is -2.17. The van der Waals surface area contributed by atoms with Crippen LogP contribution in [-0.4, -0.2) is 21.6 Å². The molecule has 136 valence electrons. The molecule has 5 heteroatoms. The van der Waals surface area contributed by atoms with Crippen molar-refractivity contribution in [1.29, 1.82) is 0 Å². The average Bonchev–Trinajstić information content (AvgIpc) is 3.05. The molecule has 2 aromatic carbocycles. The maximum absolute atomic E-state index is 12.5. The SMILES string of the molecule is Cc1cccc(C(C)C)c1NC(=O)CSC(C)c1nc2ccccc2[nH]1. The first-order valence-corrected chi connectivity index (χ1v) is 9.96. The van der Waals surface area contributed by atoms with E-state index < -0.39 is 0 Å². The molecular weight excluding hydrogens is 342 g/mol. The number of carbonyl (C=O) groups is 1. The summed E-state index contributed by atoms with van der Waals surface area (Å²) in [7, 11) is 0. The van der Waals surface area contributed by atoms with Gasteiger partial charge < -0.3 is 10.3 Å². The summed E-state index contributed by atoms with van der Waals surface area (Å²) in [5.74, 6) is 1.69. The Morgan fingerprint density at radius 1 is 1.15 bits per heavy atom. The predicted molar refractivity (Wildman–Crippen MR) is 111 cm³/mol. The molecular formula is C21H25N3OS. The van der Waals surface area contributed by atoms with Gasteiger partial charge in [-0.15, -0.1) is 11.8 Å². The number of fused-ring (bicyclic) bond motifs is 1. The molecule has 1 unspecified atom stereocenters. The highest BCUT2D eigenvalue weighted by molar-refractivity contribution is 8.00. The molecule has 1 aromatic heterocycles. The third-order valence-corrected chi connectivity index (χ3v) is 5.60. The number of H-pyrrole nitrogens is 1. The zero-order valence-corrected chi connectivity index (χ0v) is 16.5. The van der Waals surface area contributed by atoms with Crippen molar-refractivity contribution < 1.29 is 4.79 Å². The van der Waals surface area contributed by atoms with Gasteiger partial charge in [0.1, 0.15) is 5.82 Å². The number of aryl methyl sites for hydroxylation is 1. The monoisotopic (exact) mass is 367 g/mol. The van der Waals surface area contributed by atoms with E-state index >= 15 is 0 Å². The molecule has 1 heterocycles. The average molecular weight is 368 g/mol. The summed E-state index contributed by atoms with van der Waals surface area (Å²) >= 11 is 1.59. The summed E-state index contributed by atoms with van der Waals surface area (Å²) in [5.41, 5.74) is 5.21. The summed E-state index contributed by atoms with van der Waals surface area (Å²) in [4.78, 5) is 20.4. The second kappa shape index (κ2) is 7.96. The number of nitrogens with zero attached hydrogens (tertiary/aromatic N) is 1. The van der Waals surface area contributed by atoms with E-state index in [-0.39, 0.29) is 11.2 Å². The number of imidazole rings is 1. The van der Waals surface area contributed by atoms with E-state index in [0.717, 1.165) is 28.1 Å². The third-order valence-electron chi connectivity index (χ3n) is 4.45. The second-order valence-corrected chi connectivity index (χ2v) is 8.16. The van der Waals surface area contributed by atoms with Crippen molar-refractivity contribution in [3.8, 4) is 0 Å². The van der Waals surface area contributed by atoms with Crippen molar-refractivity contribution >= 4 is 34.4 Å². The van der Waals surface area contributed by atoms with E-state index in [1.807, 2.05) is 43.3 Å². The number of nitrogens with one attached hydrogen (secondary N) is 2. The number of thioether (sulfide) groups is 1. The van der Waals surface area contributed by atoms with Crippen molar-refractivity contribution in [2.75, 3.05) is 11.1 Å². The van der Waals surface area contributed by atoms with E-state index in [2.05, 4.69) is 42.1 Å². The molecule has 4 nitrogen and oxygen atoms in total. The molecule has 2 N–H and O–H groups in total. The molecule has 0 radical (unpaired) electrons. The highest BCUT2D eigenvalue weighted by Gasteiger charge is 2.15. The molecule has 0 aliphatic carbocycles. The van der Waals surface area contributed by atoms with E-state index in [9.17, 15) is 4.79 Å². The van der Waals surface area contributed by atoms with Crippen molar-refractivity contribution in [2.45, 2.75) is 38.9 Å². The standard InChI is InChI=1S/C21H25N3OS/c1-13(2)16-9-7-8-14(3)20(16)24-19(25)12-26-15(4)21-22-17-10-5-6-11-18(17)23-21/h5-11,13,15H,12H2,1-4H3,(H,22,23)(H,24,25). The molecule has 0 spiro atoms. The van der Waals surface area contributed by atoms with Crippen LogP contribution in [0.15, 0.2) is 42.5 Å². The van der Waals surface area contributed by atoms with Crippen LogP contribution < -0.4 is 5.32 Å². The Bertz CT molecular complexity index is 884. The van der Waals surface area contributed by atoms with Crippen molar-refractivity contribution in [2.24, 2.45) is 0 Å². The quantitative estimate of drug-likeness (QED) is 0.611. The highest BCUT2D eigenvalue weighted by atomic mass is 32.2. The zero-order chi connectivity index (χ0) is 18.7. The first kappa shape index (κ1) is 18.5. The topological polar surface area (TPSA) is 57.8 Å². The Morgan fingerprint density at radius 3 is 2.65 bits per heavy atom. The first-order chi connectivity index (χ1) is 12.5. The van der Waals surface area contributed by atoms with Gasteiger partial charge in [0.2, 0.25) is 5.91 Å². The number of benzene rings is 2. The minimum Gasteiger partial charge on any atom is -0.341 e. The summed E-state index contributed by atoms with van der Waals surface area (Å²) in [6, 6.07) is 14.1. The van der Waals surface area contributed by atoms with E-state index in [4.69, 9.17) is 0 Å². The molecule has 0 aliphatic heterocycles. The number of para-hydroxylation sites is 3. The maximum atomic E-state index is 12.5. The third kappa shape index (κ3) is 4.10. The van der Waals surface area contributed by atoms with Crippen LogP contribution in [0.5, 0.6) is 0 Å². The van der Waals surface area contributed by atoms with Gasteiger partial charge in [0.05, 0.1) is 22.0 Å². The van der Waals surface area contributed by atoms with Crippen LogP contribution in [0.3, 0.4) is 0 Å². The number of amides is 1. The fraction of sp³-hybridized carbons (Fsp3) is 0.333. The van der Waals surface area contributed by atoms with E-state index in [0.29, 0.717) is 11.7 Å². The molecule has 0 bridgehead atoms. The lowest BCUT2D eigenvalue weighted by Crippen LogP contribution is -2.17. The number of hydrogen-bond donors (Lipinski definition) is 2. The van der Waals surface area contributed by atoms with Crippen LogP contribution in [-0.2, 0) is 4.79 Å². The van der Waals surface area contributed by atoms with Crippen LogP contribution in [0.25, 0.3) is 11.0 Å². The van der Waals surface area contributed by atoms with Gasteiger partial charge in [-0.2, -0.15) is 0 Å². The first-order valence-electron chi connectivity index (χ1n) is 8.91. The number of aromatic nitrogens is 2. The zero-order valence-electron chi connectivity index (χ0n) is 15.7. The Kier molecular flexibility index (Phi) is 5.67. The summed E-state index contributed by atoms with van der Waals surface area (Å²) < 4.78 is 0. The van der Waals surface area contributed by atoms with Crippen LogP contribution >= 0.6 is 11.8 Å². The van der Waals surface area contributed by atoms with Crippen molar-refractivity contribution in [3.63, 3.8) is 0 Å². The smallest absolute Gasteiger partial charge is 0.234 e. The molecule has 0 saturated carbocycles. The van der Waals surface area contributed by atoms with E-state index in [1.54, 1.807) is 11.8 Å². The Balaban J connectivity index is 1.64. The van der Waals surface area contributed by atoms with Gasteiger partial charge in [-0.25, -0.2) is 4.98 Å². The van der Waals surface area contributed by atoms with Gasteiger partial charge in [0.15, 0.2) is 0 Å². The van der Waals surface area contributed by atoms with Crippen molar-refractivity contribution in [3.05, 3.63) is 59.4 Å². The summed E-state index contributed by atoms with van der Waals surface area (Å²) in [5, 5.41) is 3.22. The molecule has 1 atom stereocenters. The molecule has 0 aliphatic rings. The molecule has 3 aromatic rings. The number of carbonyl (C=O) groups excluding carboxylic acids is 1. The Hall–Kier alpha value is -2.27. The van der Waals surface area contributed by atoms with Crippen molar-refractivity contribution in [1.82, 2.24) is 9.97 Å². The fourth-order valence-corrected chi connectivity index (χ4v) is 3.71. The minimum atomic E-state index is 0.0224. The van der Waals surface area contributed by atoms with Gasteiger partial charge in [-0.05, 0) is 43.0 Å². The number of aromatic amines is 1. The van der Waals surface area contributed by atoms with Gasteiger partial charge in [0.25, 0.3) is 0 Å². The number of anilines is 1. The summed E-state index contributed by atoms with van der Waals surface area (Å²) in [6.07, 6.45) is 0. The predicted octanol–water partition coefficient (Wildman–Crippen LogP) is 5.43. The van der Waals surface area contributed by atoms with Gasteiger partial charge in [0, 0.05) is 5.69 Å². The van der Waals surface area contributed by atoms with Crippen LogP contribution in [0.4, 0.5) is 5.69 Å². The van der Waals surface area contributed by atoms with E-state index in [1.165, 1.54) is 5.56 Å². The maximum Gasteiger partial charge on any atom is 0.234 e. The number of rotatable bonds is 6. The van der Waals surface area contributed by atoms with Crippen LogP contribution in [0.2, 0.25) is 0 Å². The summed E-state index contributed by atoms with van der Waals surface area (Å²) in [6.45, 7) is 8.39. The lowest BCUT2D eigenvalue weighted by molar-refractivity contribution is -0.113. The Morgan fingerprint density at radius 2 is 1.92 bits per heavy atom. The fourth-order valence-electron chi connectivity index (χ4n) is 2.96. The van der Waals surface area contributed by atoms with Gasteiger partial charge >= 0.3 is 0 Å². The second-order valence-electron chi connectivity index (χ2n) is 6.83. The molecule has 26 heavy (non-hydrogen) atoms. The van der Waals surface area contributed by atoms with Crippen LogP contribution in [0, 0.1) is 6.92 Å². The largest absolute Gasteiger partial charge is 0.341 e. The number of hydrogen-bond acceptors (Lipinski definition) is 3. The van der Waals surface area contributed by atoms with Crippen LogP contribution in [0.1, 0.15) is 48.9 Å². The molecule has 0 fully saturated rings. The minimum absolute atomic E-state index is 0.0224. The Labute approximate surface area is 158 Å². The van der Waals surface area contributed by atoms with Gasteiger partial charge in [-0.3, -0.25) is 4.79 Å². The molecule has 1 amide bonds. The molecule has 3 rings (SSSR count). The van der Waals surface area contributed by atoms with Gasteiger partial charge in [-0.1, -0.05) is 44.2 Å².